The lowest BCUT2D eigenvalue weighted by atomic mass is 10.1. The Kier molecular flexibility index (Phi) is 7.34. The normalized spacial score (nSPS) is 11.2. The molecule has 0 aliphatic heterocycles. The maximum Gasteiger partial charge on any atom is 0.416 e. The number of ether oxygens (including phenoxy) is 1. The molecule has 0 heterocycles. The van der Waals surface area contributed by atoms with Crippen LogP contribution in [0.4, 0.5) is 13.2 Å². The van der Waals surface area contributed by atoms with Gasteiger partial charge in [-0.2, -0.15) is 13.2 Å². The first-order chi connectivity index (χ1) is 14.8. The van der Waals surface area contributed by atoms with Gasteiger partial charge in [-0.1, -0.05) is 42.5 Å². The largest absolute Gasteiger partial charge is 0.494 e. The standard InChI is InChI=1S/C25H24F3NO2/c1-19-8-5-6-11-21(19)18-29(24(30)20-9-3-2-4-10-20)16-7-17-31-23-14-12-22(13-15-23)25(26,27)28/h2-6,8-15H,7,16-18H2,1H3. The number of benzene rings is 3. The fourth-order valence-corrected chi connectivity index (χ4v) is 3.19. The van der Waals surface area contributed by atoms with Crippen molar-refractivity contribution in [3.8, 4) is 5.75 Å². The highest BCUT2D eigenvalue weighted by Crippen LogP contribution is 2.30. The molecule has 0 spiro atoms. The van der Waals surface area contributed by atoms with Crippen molar-refractivity contribution in [1.82, 2.24) is 4.90 Å². The summed E-state index contributed by atoms with van der Waals surface area (Å²) in [5, 5.41) is 0. The third-order valence-electron chi connectivity index (χ3n) is 4.95. The highest BCUT2D eigenvalue weighted by molar-refractivity contribution is 5.94. The van der Waals surface area contributed by atoms with Crippen LogP contribution in [-0.2, 0) is 12.7 Å². The molecule has 0 unspecified atom stereocenters. The Balaban J connectivity index is 1.62. The third kappa shape index (κ3) is 6.35. The molecule has 3 nitrogen and oxygen atoms in total. The van der Waals surface area contributed by atoms with E-state index in [0.29, 0.717) is 30.8 Å². The van der Waals surface area contributed by atoms with Gasteiger partial charge in [-0.15, -0.1) is 0 Å². The molecule has 1 amide bonds. The van der Waals surface area contributed by atoms with Crippen molar-refractivity contribution in [2.24, 2.45) is 0 Å². The van der Waals surface area contributed by atoms with Crippen LogP contribution in [0.2, 0.25) is 0 Å². The van der Waals surface area contributed by atoms with Crippen molar-refractivity contribution in [2.45, 2.75) is 26.1 Å². The van der Waals surface area contributed by atoms with Crippen molar-refractivity contribution < 1.29 is 22.7 Å². The number of rotatable bonds is 8. The Hall–Kier alpha value is -3.28. The molecular weight excluding hydrogens is 403 g/mol. The van der Waals surface area contributed by atoms with Crippen LogP contribution in [0.25, 0.3) is 0 Å². The molecular formula is C25H24F3NO2. The smallest absolute Gasteiger partial charge is 0.416 e. The predicted octanol–water partition coefficient (Wildman–Crippen LogP) is 6.13. The number of hydrogen-bond donors (Lipinski definition) is 0. The van der Waals surface area contributed by atoms with Crippen LogP contribution in [0, 0.1) is 6.92 Å². The molecule has 0 radical (unpaired) electrons. The molecule has 0 bridgehead atoms. The summed E-state index contributed by atoms with van der Waals surface area (Å²) in [6, 6.07) is 21.6. The summed E-state index contributed by atoms with van der Waals surface area (Å²) in [4.78, 5) is 14.8. The van der Waals surface area contributed by atoms with Gasteiger partial charge in [0.2, 0.25) is 0 Å². The predicted molar refractivity (Wildman–Crippen MR) is 114 cm³/mol. The lowest BCUT2D eigenvalue weighted by Crippen LogP contribution is -2.32. The van der Waals surface area contributed by atoms with Gasteiger partial charge in [-0.25, -0.2) is 0 Å². The minimum atomic E-state index is -4.37. The van der Waals surface area contributed by atoms with Gasteiger partial charge in [0.15, 0.2) is 0 Å². The summed E-state index contributed by atoms with van der Waals surface area (Å²) in [6.07, 6.45) is -3.82. The molecule has 3 rings (SSSR count). The Morgan fingerprint density at radius 2 is 1.55 bits per heavy atom. The monoisotopic (exact) mass is 427 g/mol. The van der Waals surface area contributed by atoms with Gasteiger partial charge >= 0.3 is 6.18 Å². The SMILES string of the molecule is Cc1ccccc1CN(CCCOc1ccc(C(F)(F)F)cc1)C(=O)c1ccccc1. The van der Waals surface area contributed by atoms with E-state index >= 15 is 0 Å². The number of halogens is 3. The summed E-state index contributed by atoms with van der Waals surface area (Å²) in [6.45, 7) is 3.23. The van der Waals surface area contributed by atoms with Crippen LogP contribution in [0.1, 0.15) is 33.5 Å². The summed E-state index contributed by atoms with van der Waals surface area (Å²) in [5.41, 5.74) is 2.07. The topological polar surface area (TPSA) is 29.5 Å². The molecule has 0 N–H and O–H groups in total. The first kappa shape index (κ1) is 22.4. The Morgan fingerprint density at radius 3 is 2.19 bits per heavy atom. The lowest BCUT2D eigenvalue weighted by Gasteiger charge is -2.24. The molecule has 3 aromatic carbocycles. The van der Waals surface area contributed by atoms with Gasteiger partial charge in [-0.3, -0.25) is 4.79 Å². The van der Waals surface area contributed by atoms with Gasteiger partial charge in [0.05, 0.1) is 12.2 Å². The van der Waals surface area contributed by atoms with E-state index in [-0.39, 0.29) is 12.5 Å². The van der Waals surface area contributed by atoms with Crippen LogP contribution in [0.5, 0.6) is 5.75 Å². The van der Waals surface area contributed by atoms with Gasteiger partial charge < -0.3 is 9.64 Å². The average molecular weight is 427 g/mol. The maximum atomic E-state index is 13.0. The summed E-state index contributed by atoms with van der Waals surface area (Å²) >= 11 is 0. The first-order valence-corrected chi connectivity index (χ1v) is 10.0. The molecule has 0 saturated heterocycles. The van der Waals surface area contributed by atoms with Crippen molar-refractivity contribution in [3.05, 3.63) is 101 Å². The van der Waals surface area contributed by atoms with Crippen molar-refractivity contribution in [2.75, 3.05) is 13.2 Å². The number of amides is 1. The second-order valence-electron chi connectivity index (χ2n) is 7.24. The fourth-order valence-electron chi connectivity index (χ4n) is 3.19. The minimum absolute atomic E-state index is 0.0709. The number of hydrogen-bond acceptors (Lipinski definition) is 2. The molecule has 162 valence electrons. The first-order valence-electron chi connectivity index (χ1n) is 10.0. The van der Waals surface area contributed by atoms with Crippen LogP contribution >= 0.6 is 0 Å². The van der Waals surface area contributed by atoms with Gasteiger partial charge in [0.25, 0.3) is 5.91 Å². The average Bonchev–Trinajstić information content (AvgIpc) is 2.77. The van der Waals surface area contributed by atoms with Crippen LogP contribution in [-0.4, -0.2) is 24.0 Å². The Labute approximate surface area is 180 Å². The molecule has 31 heavy (non-hydrogen) atoms. The molecule has 0 saturated carbocycles. The zero-order valence-corrected chi connectivity index (χ0v) is 17.2. The number of alkyl halides is 3. The lowest BCUT2D eigenvalue weighted by molar-refractivity contribution is -0.137. The quantitative estimate of drug-likeness (QED) is 0.405. The van der Waals surface area contributed by atoms with E-state index in [2.05, 4.69) is 0 Å². The van der Waals surface area contributed by atoms with Crippen LogP contribution in [0.15, 0.2) is 78.9 Å². The summed E-state index contributed by atoms with van der Waals surface area (Å²) < 4.78 is 43.6. The number of carbonyl (C=O) groups is 1. The number of aryl methyl sites for hydroxylation is 1. The van der Waals surface area contributed by atoms with Crippen molar-refractivity contribution >= 4 is 5.91 Å². The van der Waals surface area contributed by atoms with Crippen molar-refractivity contribution in [1.29, 1.82) is 0 Å². The second kappa shape index (κ2) is 10.2. The van der Waals surface area contributed by atoms with Gasteiger partial charge in [0, 0.05) is 18.7 Å². The zero-order valence-electron chi connectivity index (χ0n) is 17.2. The van der Waals surface area contributed by atoms with E-state index in [9.17, 15) is 18.0 Å². The van der Waals surface area contributed by atoms with Gasteiger partial charge in [-0.05, 0) is 60.9 Å². The summed E-state index contributed by atoms with van der Waals surface area (Å²) in [7, 11) is 0. The number of nitrogens with zero attached hydrogens (tertiary/aromatic N) is 1. The van der Waals surface area contributed by atoms with Crippen molar-refractivity contribution in [3.63, 3.8) is 0 Å². The number of carbonyl (C=O) groups excluding carboxylic acids is 1. The molecule has 0 fully saturated rings. The highest BCUT2D eigenvalue weighted by Gasteiger charge is 2.30. The fraction of sp³-hybridized carbons (Fsp3) is 0.240. The molecule has 0 aromatic heterocycles. The van der Waals surface area contributed by atoms with E-state index in [1.54, 1.807) is 17.0 Å². The Bertz CT molecular complexity index is 986. The van der Waals surface area contributed by atoms with E-state index in [1.165, 1.54) is 12.1 Å². The molecule has 0 aliphatic rings. The van der Waals surface area contributed by atoms with Crippen LogP contribution in [0.3, 0.4) is 0 Å². The van der Waals surface area contributed by atoms with E-state index < -0.39 is 11.7 Å². The third-order valence-corrected chi connectivity index (χ3v) is 4.95. The highest BCUT2D eigenvalue weighted by atomic mass is 19.4. The van der Waals surface area contributed by atoms with E-state index in [0.717, 1.165) is 23.3 Å². The molecule has 6 heteroatoms. The van der Waals surface area contributed by atoms with Gasteiger partial charge in [0.1, 0.15) is 5.75 Å². The summed E-state index contributed by atoms with van der Waals surface area (Å²) in [5.74, 6) is 0.297. The van der Waals surface area contributed by atoms with E-state index in [1.807, 2.05) is 49.4 Å². The molecule has 0 atom stereocenters. The minimum Gasteiger partial charge on any atom is -0.494 e. The van der Waals surface area contributed by atoms with E-state index in [4.69, 9.17) is 4.74 Å². The molecule has 3 aromatic rings. The van der Waals surface area contributed by atoms with Crippen LogP contribution < -0.4 is 4.74 Å². The zero-order chi connectivity index (χ0) is 22.3. The maximum absolute atomic E-state index is 13.0. The second-order valence-corrected chi connectivity index (χ2v) is 7.24. The molecule has 0 aliphatic carbocycles. The Morgan fingerprint density at radius 1 is 0.903 bits per heavy atom.